The number of benzene rings is 2. The Hall–Kier alpha value is -2.63. The first kappa shape index (κ1) is 20.6. The van der Waals surface area contributed by atoms with Crippen LogP contribution in [0.5, 0.6) is 0 Å². The fraction of sp³-hybridized carbons (Fsp3) is 0.333. The van der Waals surface area contributed by atoms with Crippen LogP contribution in [0.2, 0.25) is 0 Å². The molecule has 0 saturated carbocycles. The van der Waals surface area contributed by atoms with E-state index in [0.29, 0.717) is 24.2 Å². The molecule has 2 bridgehead atoms. The lowest BCUT2D eigenvalue weighted by Gasteiger charge is -2.29. The molecule has 0 aliphatic carbocycles. The summed E-state index contributed by atoms with van der Waals surface area (Å²) in [5, 5.41) is 11.7. The van der Waals surface area contributed by atoms with Crippen molar-refractivity contribution < 1.29 is 4.79 Å². The number of carbonyl (C=O) groups excluding carboxylic acids is 1. The largest absolute Gasteiger partial charge is 0.349 e. The Morgan fingerprint density at radius 1 is 1.00 bits per heavy atom. The average molecular weight is 423 g/mol. The van der Waals surface area contributed by atoms with Crippen LogP contribution in [0.4, 0.5) is 0 Å². The minimum atomic E-state index is -0.0190. The maximum Gasteiger partial charge on any atom is 0.255 e. The highest BCUT2D eigenvalue weighted by Gasteiger charge is 2.34. The number of carbonyl (C=O) groups is 1. The standard InChI is InChI=1S/C24H26N4O.ClH/c29-24(26-21-13-19-11-12-20(14-21)25-19)22-16-28(15-17-7-3-1-4-8-17)27-23(22)18-9-5-2-6-10-18;/h1-10,16,19-21,25H,11-15H2,(H,26,29);1H. The Balaban J connectivity index is 0.00000218. The van der Waals surface area contributed by atoms with E-state index in [2.05, 4.69) is 22.8 Å². The molecule has 6 heteroatoms. The highest BCUT2D eigenvalue weighted by molar-refractivity contribution is 6.00. The molecule has 2 unspecified atom stereocenters. The van der Waals surface area contributed by atoms with E-state index >= 15 is 0 Å². The lowest BCUT2D eigenvalue weighted by atomic mass is 9.99. The van der Waals surface area contributed by atoms with Crippen LogP contribution in [-0.4, -0.2) is 33.8 Å². The van der Waals surface area contributed by atoms with Crippen LogP contribution < -0.4 is 10.6 Å². The van der Waals surface area contributed by atoms with Gasteiger partial charge in [0.15, 0.2) is 0 Å². The third-order valence-corrected chi connectivity index (χ3v) is 6.05. The highest BCUT2D eigenvalue weighted by atomic mass is 35.5. The van der Waals surface area contributed by atoms with Gasteiger partial charge >= 0.3 is 0 Å². The third-order valence-electron chi connectivity index (χ3n) is 6.05. The summed E-state index contributed by atoms with van der Waals surface area (Å²) in [7, 11) is 0. The summed E-state index contributed by atoms with van der Waals surface area (Å²) in [4.78, 5) is 13.2. The Morgan fingerprint density at radius 3 is 2.30 bits per heavy atom. The second-order valence-electron chi connectivity index (χ2n) is 8.22. The van der Waals surface area contributed by atoms with Gasteiger partial charge in [0, 0.05) is 29.9 Å². The smallest absolute Gasteiger partial charge is 0.255 e. The van der Waals surface area contributed by atoms with Crippen molar-refractivity contribution >= 4 is 18.3 Å². The van der Waals surface area contributed by atoms with Crippen LogP contribution in [0.1, 0.15) is 41.6 Å². The minimum Gasteiger partial charge on any atom is -0.349 e. The monoisotopic (exact) mass is 422 g/mol. The molecular formula is C24H27ClN4O. The first-order valence-corrected chi connectivity index (χ1v) is 10.5. The Kier molecular flexibility index (Phi) is 6.21. The van der Waals surface area contributed by atoms with Gasteiger partial charge in [-0.05, 0) is 31.2 Å². The number of halogens is 1. The van der Waals surface area contributed by atoms with Gasteiger partial charge in [-0.25, -0.2) is 0 Å². The van der Waals surface area contributed by atoms with Crippen molar-refractivity contribution in [1.29, 1.82) is 0 Å². The van der Waals surface area contributed by atoms with Crippen LogP contribution in [0.25, 0.3) is 11.3 Å². The number of piperidine rings is 1. The molecule has 2 saturated heterocycles. The van der Waals surface area contributed by atoms with Gasteiger partial charge in [0.25, 0.3) is 5.91 Å². The maximum atomic E-state index is 13.2. The summed E-state index contributed by atoms with van der Waals surface area (Å²) in [5.41, 5.74) is 3.53. The first-order chi connectivity index (χ1) is 14.2. The van der Waals surface area contributed by atoms with Gasteiger partial charge in [-0.2, -0.15) is 5.10 Å². The van der Waals surface area contributed by atoms with Crippen molar-refractivity contribution in [3.63, 3.8) is 0 Å². The molecule has 30 heavy (non-hydrogen) atoms. The summed E-state index contributed by atoms with van der Waals surface area (Å²) in [6, 6.07) is 21.5. The molecule has 2 atom stereocenters. The summed E-state index contributed by atoms with van der Waals surface area (Å²) in [6.45, 7) is 0.644. The van der Waals surface area contributed by atoms with Crippen LogP contribution in [0.15, 0.2) is 66.9 Å². The van der Waals surface area contributed by atoms with Gasteiger partial charge in [-0.1, -0.05) is 60.7 Å². The molecule has 1 amide bonds. The van der Waals surface area contributed by atoms with Crippen LogP contribution in [0.3, 0.4) is 0 Å². The molecule has 2 fully saturated rings. The van der Waals surface area contributed by atoms with Gasteiger partial charge in [0.05, 0.1) is 12.1 Å². The van der Waals surface area contributed by atoms with Crippen molar-refractivity contribution in [1.82, 2.24) is 20.4 Å². The van der Waals surface area contributed by atoms with Gasteiger partial charge in [0.2, 0.25) is 0 Å². The van der Waals surface area contributed by atoms with E-state index in [9.17, 15) is 4.79 Å². The fourth-order valence-electron chi connectivity index (χ4n) is 4.69. The molecule has 2 aliphatic heterocycles. The number of aromatic nitrogens is 2. The molecule has 3 heterocycles. The predicted octanol–water partition coefficient (Wildman–Crippen LogP) is 4.03. The second kappa shape index (κ2) is 9.02. The molecule has 156 valence electrons. The number of rotatable bonds is 5. The molecule has 0 spiro atoms. The Morgan fingerprint density at radius 2 is 1.63 bits per heavy atom. The van der Waals surface area contributed by atoms with Crippen molar-refractivity contribution in [3.05, 3.63) is 78.0 Å². The Labute approximate surface area is 183 Å². The van der Waals surface area contributed by atoms with Crippen molar-refractivity contribution in [2.75, 3.05) is 0 Å². The zero-order valence-corrected chi connectivity index (χ0v) is 17.6. The summed E-state index contributed by atoms with van der Waals surface area (Å²) < 4.78 is 1.87. The van der Waals surface area contributed by atoms with E-state index in [0.717, 1.165) is 29.7 Å². The van der Waals surface area contributed by atoms with Gasteiger partial charge in [-0.15, -0.1) is 12.4 Å². The Bertz CT molecular complexity index is 977. The third kappa shape index (κ3) is 4.42. The SMILES string of the molecule is Cl.O=C(NC1CC2CCC(C1)N2)c1cn(Cc2ccccc2)nc1-c1ccccc1. The number of nitrogens with one attached hydrogen (secondary N) is 2. The molecule has 0 radical (unpaired) electrons. The van der Waals surface area contributed by atoms with E-state index in [1.165, 1.54) is 12.8 Å². The van der Waals surface area contributed by atoms with Crippen molar-refractivity contribution in [3.8, 4) is 11.3 Å². The minimum absolute atomic E-state index is 0. The predicted molar refractivity (Wildman–Crippen MR) is 121 cm³/mol. The molecule has 2 N–H and O–H groups in total. The number of nitrogens with zero attached hydrogens (tertiary/aromatic N) is 2. The van der Waals surface area contributed by atoms with Gasteiger partial charge in [0.1, 0.15) is 5.69 Å². The van der Waals surface area contributed by atoms with E-state index < -0.39 is 0 Å². The normalized spacial score (nSPS) is 22.3. The molecule has 2 aromatic carbocycles. The first-order valence-electron chi connectivity index (χ1n) is 10.5. The summed E-state index contributed by atoms with van der Waals surface area (Å²) >= 11 is 0. The zero-order chi connectivity index (χ0) is 19.6. The molecule has 3 aromatic rings. The molecule has 2 aliphatic rings. The lowest BCUT2D eigenvalue weighted by molar-refractivity contribution is 0.0924. The summed E-state index contributed by atoms with van der Waals surface area (Å²) in [5.74, 6) is -0.0190. The maximum absolute atomic E-state index is 13.2. The second-order valence-corrected chi connectivity index (χ2v) is 8.22. The number of hydrogen-bond acceptors (Lipinski definition) is 3. The van der Waals surface area contributed by atoms with Crippen LogP contribution >= 0.6 is 12.4 Å². The number of hydrogen-bond donors (Lipinski definition) is 2. The number of fused-ring (bicyclic) bond motifs is 2. The fourth-order valence-corrected chi connectivity index (χ4v) is 4.69. The van der Waals surface area contributed by atoms with Gasteiger partial charge < -0.3 is 10.6 Å². The van der Waals surface area contributed by atoms with Crippen LogP contribution in [0, 0.1) is 0 Å². The van der Waals surface area contributed by atoms with Crippen molar-refractivity contribution in [2.45, 2.75) is 50.4 Å². The lowest BCUT2D eigenvalue weighted by Crippen LogP contribution is -2.48. The van der Waals surface area contributed by atoms with E-state index in [1.54, 1.807) is 0 Å². The summed E-state index contributed by atoms with van der Waals surface area (Å²) in [6.07, 6.45) is 6.37. The quantitative estimate of drug-likeness (QED) is 0.652. The molecule has 5 rings (SSSR count). The van der Waals surface area contributed by atoms with E-state index in [4.69, 9.17) is 5.10 Å². The van der Waals surface area contributed by atoms with E-state index in [-0.39, 0.29) is 24.4 Å². The van der Waals surface area contributed by atoms with Crippen molar-refractivity contribution in [2.24, 2.45) is 0 Å². The topological polar surface area (TPSA) is 59.0 Å². The molecule has 5 nitrogen and oxygen atoms in total. The van der Waals surface area contributed by atoms with Crippen LogP contribution in [-0.2, 0) is 6.54 Å². The van der Waals surface area contributed by atoms with E-state index in [1.807, 2.05) is 59.4 Å². The highest BCUT2D eigenvalue weighted by Crippen LogP contribution is 2.28. The van der Waals surface area contributed by atoms with Gasteiger partial charge in [-0.3, -0.25) is 9.48 Å². The molecule has 1 aromatic heterocycles. The molecular weight excluding hydrogens is 396 g/mol. The average Bonchev–Trinajstić information content (AvgIpc) is 3.32. The zero-order valence-electron chi connectivity index (χ0n) is 16.8. The number of amides is 1.